The van der Waals surface area contributed by atoms with Gasteiger partial charge in [-0.05, 0) is 26.8 Å². The van der Waals surface area contributed by atoms with Crippen molar-refractivity contribution < 1.29 is 8.42 Å². The van der Waals surface area contributed by atoms with Crippen LogP contribution in [0.25, 0.3) is 0 Å². The van der Waals surface area contributed by atoms with Crippen LogP contribution in [0.15, 0.2) is 11.6 Å². The van der Waals surface area contributed by atoms with Crippen molar-refractivity contribution in [2.24, 2.45) is 0 Å². The van der Waals surface area contributed by atoms with Gasteiger partial charge in [-0.25, -0.2) is 8.42 Å². The fraction of sp³-hybridized carbons (Fsp3) is 0.800. The number of allylic oxidation sites excluding steroid dienone is 1. The average molecular weight is 219 g/mol. The Morgan fingerprint density at radius 3 is 2.36 bits per heavy atom. The molecule has 4 heteroatoms. The predicted octanol–water partition coefficient (Wildman–Crippen LogP) is 1.37. The highest BCUT2D eigenvalue weighted by molar-refractivity contribution is 7.90. The standard InChI is InChI=1S/C10H21NO2S/c1-5-6-11-10(7-9(2)3)8-14(4,12)13/h7,10-11H,5-6,8H2,1-4H3. The van der Waals surface area contributed by atoms with Gasteiger partial charge in [0, 0.05) is 12.3 Å². The molecule has 0 spiro atoms. The third-order valence-electron chi connectivity index (χ3n) is 1.67. The molecular weight excluding hydrogens is 198 g/mol. The summed E-state index contributed by atoms with van der Waals surface area (Å²) in [6, 6.07) is -0.0463. The minimum atomic E-state index is -2.91. The third kappa shape index (κ3) is 8.26. The van der Waals surface area contributed by atoms with Crippen LogP contribution in [0.3, 0.4) is 0 Å². The van der Waals surface area contributed by atoms with Crippen LogP contribution in [-0.4, -0.2) is 33.0 Å². The van der Waals surface area contributed by atoms with E-state index in [0.29, 0.717) is 0 Å². The van der Waals surface area contributed by atoms with E-state index in [-0.39, 0.29) is 11.8 Å². The molecule has 0 amide bonds. The van der Waals surface area contributed by atoms with Crippen LogP contribution in [-0.2, 0) is 9.84 Å². The van der Waals surface area contributed by atoms with Crippen LogP contribution in [0.5, 0.6) is 0 Å². The monoisotopic (exact) mass is 219 g/mol. The fourth-order valence-corrected chi connectivity index (χ4v) is 2.09. The summed E-state index contributed by atoms with van der Waals surface area (Å²) in [6.07, 6.45) is 4.25. The normalized spacial score (nSPS) is 13.7. The lowest BCUT2D eigenvalue weighted by molar-refractivity contribution is 0.577. The van der Waals surface area contributed by atoms with E-state index in [9.17, 15) is 8.42 Å². The van der Waals surface area contributed by atoms with Crippen molar-refractivity contribution in [1.82, 2.24) is 5.32 Å². The zero-order valence-corrected chi connectivity index (χ0v) is 10.3. The topological polar surface area (TPSA) is 46.2 Å². The van der Waals surface area contributed by atoms with Crippen LogP contribution in [0.2, 0.25) is 0 Å². The second-order valence-electron chi connectivity index (χ2n) is 3.90. The molecule has 0 heterocycles. The van der Waals surface area contributed by atoms with Crippen LogP contribution in [0.4, 0.5) is 0 Å². The zero-order valence-electron chi connectivity index (χ0n) is 9.50. The number of hydrogen-bond acceptors (Lipinski definition) is 3. The molecule has 0 aliphatic heterocycles. The largest absolute Gasteiger partial charge is 0.310 e. The molecule has 0 fully saturated rings. The van der Waals surface area contributed by atoms with Gasteiger partial charge in [-0.15, -0.1) is 0 Å². The summed E-state index contributed by atoms with van der Waals surface area (Å²) in [5.74, 6) is 0.179. The molecule has 0 saturated heterocycles. The molecule has 0 rings (SSSR count). The summed E-state index contributed by atoms with van der Waals surface area (Å²) in [5, 5.41) is 3.20. The zero-order chi connectivity index (χ0) is 11.2. The maximum Gasteiger partial charge on any atom is 0.149 e. The van der Waals surface area contributed by atoms with E-state index in [1.54, 1.807) is 0 Å². The van der Waals surface area contributed by atoms with E-state index in [1.165, 1.54) is 6.26 Å². The third-order valence-corrected chi connectivity index (χ3v) is 2.64. The van der Waals surface area contributed by atoms with E-state index in [0.717, 1.165) is 18.5 Å². The Balaban J connectivity index is 4.33. The number of nitrogens with one attached hydrogen (secondary N) is 1. The highest BCUT2D eigenvalue weighted by Gasteiger charge is 2.11. The highest BCUT2D eigenvalue weighted by atomic mass is 32.2. The molecule has 0 saturated carbocycles. The number of rotatable bonds is 6. The lowest BCUT2D eigenvalue weighted by atomic mass is 10.2. The van der Waals surface area contributed by atoms with Crippen molar-refractivity contribution in [2.75, 3.05) is 18.6 Å². The minimum absolute atomic E-state index is 0.0463. The Hall–Kier alpha value is -0.350. The van der Waals surface area contributed by atoms with Gasteiger partial charge in [0.05, 0.1) is 5.75 Å². The smallest absolute Gasteiger partial charge is 0.149 e. The molecule has 1 atom stereocenters. The van der Waals surface area contributed by atoms with Crippen molar-refractivity contribution in [3.63, 3.8) is 0 Å². The molecule has 0 aromatic heterocycles. The molecule has 1 N–H and O–H groups in total. The van der Waals surface area contributed by atoms with Crippen LogP contribution in [0.1, 0.15) is 27.2 Å². The Morgan fingerprint density at radius 1 is 1.43 bits per heavy atom. The Labute approximate surface area is 87.5 Å². The lowest BCUT2D eigenvalue weighted by Gasteiger charge is -2.13. The van der Waals surface area contributed by atoms with Crippen LogP contribution in [0, 0.1) is 0 Å². The van der Waals surface area contributed by atoms with Gasteiger partial charge in [-0.2, -0.15) is 0 Å². The van der Waals surface area contributed by atoms with Crippen LogP contribution >= 0.6 is 0 Å². The highest BCUT2D eigenvalue weighted by Crippen LogP contribution is 1.98. The quantitative estimate of drug-likeness (QED) is 0.686. The summed E-state index contributed by atoms with van der Waals surface area (Å²) < 4.78 is 22.2. The summed E-state index contributed by atoms with van der Waals surface area (Å²) >= 11 is 0. The molecular formula is C10H21NO2S. The molecule has 84 valence electrons. The molecule has 0 aromatic carbocycles. The van der Waals surface area contributed by atoms with Crippen molar-refractivity contribution in [1.29, 1.82) is 0 Å². The molecule has 0 aliphatic carbocycles. The average Bonchev–Trinajstić information content (AvgIpc) is 1.96. The van der Waals surface area contributed by atoms with Gasteiger partial charge >= 0.3 is 0 Å². The summed E-state index contributed by atoms with van der Waals surface area (Å²) in [4.78, 5) is 0. The van der Waals surface area contributed by atoms with Gasteiger partial charge in [-0.3, -0.25) is 0 Å². The van der Waals surface area contributed by atoms with E-state index in [1.807, 2.05) is 19.9 Å². The maximum atomic E-state index is 11.1. The first-order valence-corrected chi connectivity index (χ1v) is 6.97. The second kappa shape index (κ2) is 6.19. The molecule has 1 unspecified atom stereocenters. The molecule has 0 bridgehead atoms. The Kier molecular flexibility index (Phi) is 6.04. The van der Waals surface area contributed by atoms with Gasteiger partial charge in [-0.1, -0.05) is 18.6 Å². The van der Waals surface area contributed by atoms with Gasteiger partial charge < -0.3 is 5.32 Å². The Bertz CT molecular complexity index is 276. The molecule has 14 heavy (non-hydrogen) atoms. The predicted molar refractivity (Wildman–Crippen MR) is 61.2 cm³/mol. The first-order valence-electron chi connectivity index (χ1n) is 4.91. The SMILES string of the molecule is CCCNC(C=C(C)C)CS(C)(=O)=O. The van der Waals surface area contributed by atoms with Gasteiger partial charge in [0.2, 0.25) is 0 Å². The van der Waals surface area contributed by atoms with Gasteiger partial charge in [0.25, 0.3) is 0 Å². The fourth-order valence-electron chi connectivity index (χ4n) is 1.22. The van der Waals surface area contributed by atoms with E-state index < -0.39 is 9.84 Å². The molecule has 0 aliphatic rings. The molecule has 0 aromatic rings. The molecule has 3 nitrogen and oxygen atoms in total. The van der Waals surface area contributed by atoms with E-state index >= 15 is 0 Å². The number of hydrogen-bond donors (Lipinski definition) is 1. The summed E-state index contributed by atoms with van der Waals surface area (Å²) in [7, 11) is -2.91. The maximum absolute atomic E-state index is 11.1. The summed E-state index contributed by atoms with van der Waals surface area (Å²) in [5.41, 5.74) is 1.14. The first kappa shape index (κ1) is 13.7. The van der Waals surface area contributed by atoms with Gasteiger partial charge in [0.15, 0.2) is 0 Å². The van der Waals surface area contributed by atoms with E-state index in [2.05, 4.69) is 12.2 Å². The second-order valence-corrected chi connectivity index (χ2v) is 6.08. The Morgan fingerprint density at radius 2 is 2.00 bits per heavy atom. The van der Waals surface area contributed by atoms with E-state index in [4.69, 9.17) is 0 Å². The van der Waals surface area contributed by atoms with Crippen molar-refractivity contribution in [2.45, 2.75) is 33.2 Å². The number of sulfone groups is 1. The van der Waals surface area contributed by atoms with Crippen molar-refractivity contribution in [3.8, 4) is 0 Å². The molecule has 0 radical (unpaired) electrons. The minimum Gasteiger partial charge on any atom is -0.310 e. The summed E-state index contributed by atoms with van der Waals surface area (Å²) in [6.45, 7) is 6.86. The van der Waals surface area contributed by atoms with Crippen molar-refractivity contribution in [3.05, 3.63) is 11.6 Å². The van der Waals surface area contributed by atoms with Gasteiger partial charge in [0.1, 0.15) is 9.84 Å². The van der Waals surface area contributed by atoms with Crippen LogP contribution < -0.4 is 5.32 Å². The lowest BCUT2D eigenvalue weighted by Crippen LogP contribution is -2.34. The van der Waals surface area contributed by atoms with Crippen molar-refractivity contribution >= 4 is 9.84 Å². The first-order chi connectivity index (χ1) is 6.35.